The van der Waals surface area contributed by atoms with Crippen molar-refractivity contribution in [2.24, 2.45) is 0 Å². The molecule has 1 aromatic carbocycles. The lowest BCUT2D eigenvalue weighted by molar-refractivity contribution is -0.133. The van der Waals surface area contributed by atoms with Gasteiger partial charge in [0.25, 0.3) is 5.56 Å². The molecule has 0 saturated carbocycles. The maximum absolute atomic E-state index is 12.7. The lowest BCUT2D eigenvalue weighted by Gasteiger charge is -2.37. The van der Waals surface area contributed by atoms with Crippen LogP contribution >= 0.6 is 11.6 Å². The zero-order valence-corrected chi connectivity index (χ0v) is 19.4. The van der Waals surface area contributed by atoms with Gasteiger partial charge in [-0.15, -0.1) is 0 Å². The number of hydrogen-bond acceptors (Lipinski definition) is 6. The van der Waals surface area contributed by atoms with Gasteiger partial charge in [0, 0.05) is 26.2 Å². The highest BCUT2D eigenvalue weighted by Crippen LogP contribution is 2.23. The van der Waals surface area contributed by atoms with Crippen LogP contribution in [0, 0.1) is 0 Å². The van der Waals surface area contributed by atoms with Crippen LogP contribution in [0.4, 0.5) is 10.5 Å². The van der Waals surface area contributed by atoms with Crippen molar-refractivity contribution >= 4 is 29.3 Å². The van der Waals surface area contributed by atoms with E-state index < -0.39 is 23.3 Å². The van der Waals surface area contributed by atoms with Crippen LogP contribution in [-0.2, 0) is 9.53 Å². The van der Waals surface area contributed by atoms with E-state index in [-0.39, 0.29) is 10.9 Å². The van der Waals surface area contributed by atoms with E-state index in [0.717, 1.165) is 0 Å². The summed E-state index contributed by atoms with van der Waals surface area (Å²) in [6, 6.07) is 8.34. The number of nitrogens with zero attached hydrogens (tertiary/aromatic N) is 4. The Bertz CT molecular complexity index is 1030. The third-order valence-corrected chi connectivity index (χ3v) is 5.29. The lowest BCUT2D eigenvalue weighted by atomic mass is 10.2. The molecular formula is C22H28ClN5O4. The Morgan fingerprint density at radius 3 is 2.34 bits per heavy atom. The van der Waals surface area contributed by atoms with Crippen molar-refractivity contribution < 1.29 is 14.3 Å². The molecule has 0 radical (unpaired) electrons. The van der Waals surface area contributed by atoms with Crippen molar-refractivity contribution in [2.45, 2.75) is 39.3 Å². The van der Waals surface area contributed by atoms with Gasteiger partial charge < -0.3 is 19.9 Å². The first-order chi connectivity index (χ1) is 15.1. The Labute approximate surface area is 191 Å². The Morgan fingerprint density at radius 2 is 1.75 bits per heavy atom. The van der Waals surface area contributed by atoms with Crippen LogP contribution in [-0.4, -0.2) is 64.5 Å². The molecule has 2 heterocycles. The summed E-state index contributed by atoms with van der Waals surface area (Å²) < 4.78 is 6.46. The van der Waals surface area contributed by atoms with Gasteiger partial charge in [-0.1, -0.05) is 29.8 Å². The molecule has 0 spiro atoms. The molecule has 1 aliphatic rings. The standard InChI is InChI=1S/C22H28ClN5O4/c1-15(25-21(31)32-22(2,3)4)19(29)27-12-10-26(11-13-27)17-14-24-28(20(30)18(17)23)16-8-6-5-7-9-16/h5-9,14-15H,10-13H2,1-4H3,(H,25,31). The number of anilines is 1. The second kappa shape index (κ2) is 9.60. The number of rotatable bonds is 4. The molecule has 1 N–H and O–H groups in total. The first kappa shape index (κ1) is 23.6. The number of aromatic nitrogens is 2. The van der Waals surface area contributed by atoms with E-state index in [1.54, 1.807) is 50.9 Å². The minimum atomic E-state index is -0.712. The van der Waals surface area contributed by atoms with E-state index in [9.17, 15) is 14.4 Å². The van der Waals surface area contributed by atoms with Crippen LogP contribution in [0.5, 0.6) is 0 Å². The molecule has 2 amide bonds. The van der Waals surface area contributed by atoms with E-state index >= 15 is 0 Å². The largest absolute Gasteiger partial charge is 0.444 e. The Morgan fingerprint density at radius 1 is 1.12 bits per heavy atom. The molecule has 172 valence electrons. The molecule has 2 aromatic rings. The molecule has 1 aliphatic heterocycles. The van der Waals surface area contributed by atoms with Gasteiger partial charge in [-0.05, 0) is 39.8 Å². The van der Waals surface area contributed by atoms with Gasteiger partial charge in [-0.3, -0.25) is 9.59 Å². The molecule has 10 heteroatoms. The first-order valence-electron chi connectivity index (χ1n) is 10.4. The highest BCUT2D eigenvalue weighted by atomic mass is 35.5. The van der Waals surface area contributed by atoms with Crippen molar-refractivity contribution in [3.63, 3.8) is 0 Å². The normalized spacial score (nSPS) is 15.3. The monoisotopic (exact) mass is 461 g/mol. The number of piperazine rings is 1. The molecule has 1 saturated heterocycles. The number of carbonyl (C=O) groups is 2. The predicted molar refractivity (Wildman–Crippen MR) is 122 cm³/mol. The molecule has 0 aliphatic carbocycles. The van der Waals surface area contributed by atoms with Crippen LogP contribution < -0.4 is 15.8 Å². The summed E-state index contributed by atoms with van der Waals surface area (Å²) in [6.07, 6.45) is 0.940. The van der Waals surface area contributed by atoms with Gasteiger partial charge in [0.05, 0.1) is 17.6 Å². The van der Waals surface area contributed by atoms with Crippen molar-refractivity contribution in [3.8, 4) is 5.69 Å². The van der Waals surface area contributed by atoms with Gasteiger partial charge >= 0.3 is 6.09 Å². The lowest BCUT2D eigenvalue weighted by Crippen LogP contribution is -2.54. The van der Waals surface area contributed by atoms with E-state index in [1.165, 1.54) is 4.68 Å². The SMILES string of the molecule is CC(NC(=O)OC(C)(C)C)C(=O)N1CCN(c2cnn(-c3ccccc3)c(=O)c2Cl)CC1. The Balaban J connectivity index is 1.62. The van der Waals surface area contributed by atoms with Gasteiger partial charge in [-0.2, -0.15) is 9.78 Å². The fraction of sp³-hybridized carbons (Fsp3) is 0.455. The number of hydrogen-bond donors (Lipinski definition) is 1. The summed E-state index contributed by atoms with van der Waals surface area (Å²) in [4.78, 5) is 41.0. The number of carbonyl (C=O) groups excluding carboxylic acids is 2. The summed E-state index contributed by atoms with van der Waals surface area (Å²) >= 11 is 6.38. The number of nitrogens with one attached hydrogen (secondary N) is 1. The van der Waals surface area contributed by atoms with Crippen molar-refractivity contribution in [2.75, 3.05) is 31.1 Å². The molecule has 0 bridgehead atoms. The molecule has 1 aromatic heterocycles. The molecule has 1 atom stereocenters. The van der Waals surface area contributed by atoms with Gasteiger partial charge in [0.1, 0.15) is 16.7 Å². The van der Waals surface area contributed by atoms with E-state index in [1.807, 2.05) is 23.1 Å². The van der Waals surface area contributed by atoms with Crippen LogP contribution in [0.2, 0.25) is 5.02 Å². The molecule has 32 heavy (non-hydrogen) atoms. The van der Waals surface area contributed by atoms with Crippen LogP contribution in [0.3, 0.4) is 0 Å². The number of benzene rings is 1. The van der Waals surface area contributed by atoms with Gasteiger partial charge in [-0.25, -0.2) is 4.79 Å². The molecule has 1 unspecified atom stereocenters. The minimum Gasteiger partial charge on any atom is -0.444 e. The highest BCUT2D eigenvalue weighted by molar-refractivity contribution is 6.33. The maximum atomic E-state index is 12.7. The molecule has 9 nitrogen and oxygen atoms in total. The van der Waals surface area contributed by atoms with E-state index in [4.69, 9.17) is 16.3 Å². The Kier molecular flexibility index (Phi) is 7.08. The van der Waals surface area contributed by atoms with Gasteiger partial charge in [0.15, 0.2) is 0 Å². The van der Waals surface area contributed by atoms with Crippen LogP contribution in [0.15, 0.2) is 41.3 Å². The zero-order chi connectivity index (χ0) is 23.5. The van der Waals surface area contributed by atoms with E-state index in [0.29, 0.717) is 37.6 Å². The number of para-hydroxylation sites is 1. The predicted octanol–water partition coefficient (Wildman–Crippen LogP) is 2.45. The Hall–Kier alpha value is -3.07. The summed E-state index contributed by atoms with van der Waals surface area (Å²) in [5, 5.41) is 6.93. The summed E-state index contributed by atoms with van der Waals surface area (Å²) in [5.74, 6) is -0.195. The van der Waals surface area contributed by atoms with Crippen molar-refractivity contribution in [3.05, 3.63) is 51.9 Å². The third kappa shape index (κ3) is 5.59. The van der Waals surface area contributed by atoms with Crippen LogP contribution in [0.1, 0.15) is 27.7 Å². The highest BCUT2D eigenvalue weighted by Gasteiger charge is 2.28. The second-order valence-electron chi connectivity index (χ2n) is 8.58. The smallest absolute Gasteiger partial charge is 0.408 e. The van der Waals surface area contributed by atoms with Crippen molar-refractivity contribution in [1.82, 2.24) is 20.0 Å². The zero-order valence-electron chi connectivity index (χ0n) is 18.7. The number of ether oxygens (including phenoxy) is 1. The minimum absolute atomic E-state index is 0.0867. The molecule has 3 rings (SSSR count). The van der Waals surface area contributed by atoms with Gasteiger partial charge in [0.2, 0.25) is 5.91 Å². The summed E-state index contributed by atoms with van der Waals surface area (Å²) in [5.41, 5.74) is 0.133. The average molecular weight is 462 g/mol. The second-order valence-corrected chi connectivity index (χ2v) is 8.95. The maximum Gasteiger partial charge on any atom is 0.408 e. The number of alkyl carbamates (subject to hydrolysis) is 1. The topological polar surface area (TPSA) is 96.8 Å². The summed E-state index contributed by atoms with van der Waals surface area (Å²) in [6.45, 7) is 8.74. The fourth-order valence-corrected chi connectivity index (χ4v) is 3.63. The average Bonchev–Trinajstić information content (AvgIpc) is 2.74. The van der Waals surface area contributed by atoms with E-state index in [2.05, 4.69) is 10.4 Å². The quantitative estimate of drug-likeness (QED) is 0.751. The first-order valence-corrected chi connectivity index (χ1v) is 10.8. The number of amides is 2. The fourth-order valence-electron chi connectivity index (χ4n) is 3.39. The summed E-state index contributed by atoms with van der Waals surface area (Å²) in [7, 11) is 0. The van der Waals surface area contributed by atoms with Crippen molar-refractivity contribution in [1.29, 1.82) is 0 Å². The third-order valence-electron chi connectivity index (χ3n) is 4.94. The molecule has 1 fully saturated rings. The molecular weight excluding hydrogens is 434 g/mol. The van der Waals surface area contributed by atoms with Crippen LogP contribution in [0.25, 0.3) is 5.69 Å². The number of halogens is 1.